The summed E-state index contributed by atoms with van der Waals surface area (Å²) in [7, 11) is 1.63. The second kappa shape index (κ2) is 9.00. The first-order valence-electron chi connectivity index (χ1n) is 9.47. The van der Waals surface area contributed by atoms with Crippen LogP contribution < -0.4 is 10.5 Å². The minimum atomic E-state index is -0.278. The number of hydrogen-bond donors (Lipinski definition) is 1. The van der Waals surface area contributed by atoms with Gasteiger partial charge in [-0.05, 0) is 43.0 Å². The summed E-state index contributed by atoms with van der Waals surface area (Å²) in [5.74, 6) is 0.540. The second-order valence-corrected chi connectivity index (χ2v) is 7.26. The van der Waals surface area contributed by atoms with Gasteiger partial charge in [0.05, 0.1) is 7.11 Å². The van der Waals surface area contributed by atoms with Gasteiger partial charge < -0.3 is 15.4 Å². The normalized spacial score (nSPS) is 19.5. The molecule has 1 fully saturated rings. The Labute approximate surface area is 160 Å². The van der Waals surface area contributed by atoms with Crippen molar-refractivity contribution in [2.24, 2.45) is 11.7 Å². The number of methoxy groups -OCH3 is 1. The van der Waals surface area contributed by atoms with Gasteiger partial charge >= 0.3 is 0 Å². The summed E-state index contributed by atoms with van der Waals surface area (Å²) in [6.07, 6.45) is 3.56. The minimum absolute atomic E-state index is 0.0519. The van der Waals surface area contributed by atoms with E-state index < -0.39 is 0 Å². The number of benzene rings is 2. The van der Waals surface area contributed by atoms with Gasteiger partial charge in [0.1, 0.15) is 11.6 Å². The van der Waals surface area contributed by atoms with E-state index in [9.17, 15) is 9.18 Å². The van der Waals surface area contributed by atoms with Crippen LogP contribution in [0.5, 0.6) is 5.75 Å². The summed E-state index contributed by atoms with van der Waals surface area (Å²) < 4.78 is 18.7. The predicted molar refractivity (Wildman–Crippen MR) is 104 cm³/mol. The Morgan fingerprint density at radius 2 is 1.89 bits per heavy atom. The predicted octanol–water partition coefficient (Wildman–Crippen LogP) is 3.88. The minimum Gasteiger partial charge on any atom is -0.496 e. The zero-order valence-electron chi connectivity index (χ0n) is 15.7. The van der Waals surface area contributed by atoms with Gasteiger partial charge in [0.15, 0.2) is 0 Å². The third-order valence-corrected chi connectivity index (χ3v) is 5.22. The lowest BCUT2D eigenvalue weighted by molar-refractivity contribution is -0.138. The van der Waals surface area contributed by atoms with E-state index in [-0.39, 0.29) is 23.7 Å². The highest BCUT2D eigenvalue weighted by atomic mass is 19.1. The van der Waals surface area contributed by atoms with Gasteiger partial charge in [0, 0.05) is 30.6 Å². The van der Waals surface area contributed by atoms with Crippen LogP contribution in [0.25, 0.3) is 0 Å². The zero-order chi connectivity index (χ0) is 19.2. The standard InChI is InChI=1S/C22H27FN2O2/c1-27-21-8-3-2-5-18(21)15-25(14-16-9-11-19(23)12-10-16)22(26)17-6-4-7-20(24)13-17/h2-3,5,8-12,17,20H,4,6-7,13-15,24H2,1H3/t17-,20+/m1/s1. The molecule has 0 aliphatic heterocycles. The average Bonchev–Trinajstić information content (AvgIpc) is 2.69. The van der Waals surface area contributed by atoms with Crippen LogP contribution in [0.1, 0.15) is 36.8 Å². The third-order valence-electron chi connectivity index (χ3n) is 5.22. The van der Waals surface area contributed by atoms with Gasteiger partial charge in [0.2, 0.25) is 5.91 Å². The molecule has 0 heterocycles. The SMILES string of the molecule is COc1ccccc1CN(Cc1ccc(F)cc1)C(=O)[C@@H]1CCC[C@H](N)C1. The molecule has 4 nitrogen and oxygen atoms in total. The van der Waals surface area contributed by atoms with Gasteiger partial charge in [-0.1, -0.05) is 36.8 Å². The number of carbonyl (C=O) groups is 1. The van der Waals surface area contributed by atoms with E-state index in [0.29, 0.717) is 13.1 Å². The Bertz CT molecular complexity index is 763. The molecule has 2 aromatic rings. The molecule has 2 atom stereocenters. The van der Waals surface area contributed by atoms with Crippen molar-refractivity contribution in [3.63, 3.8) is 0 Å². The molecule has 0 spiro atoms. The summed E-state index contributed by atoms with van der Waals surface area (Å²) in [5.41, 5.74) is 7.95. The first kappa shape index (κ1) is 19.4. The lowest BCUT2D eigenvalue weighted by Crippen LogP contribution is -2.40. The quantitative estimate of drug-likeness (QED) is 0.839. The van der Waals surface area contributed by atoms with Crippen molar-refractivity contribution in [3.05, 3.63) is 65.5 Å². The third kappa shape index (κ3) is 5.07. The Balaban J connectivity index is 1.83. The van der Waals surface area contributed by atoms with Crippen molar-refractivity contribution in [3.8, 4) is 5.75 Å². The molecule has 2 aromatic carbocycles. The molecule has 2 N–H and O–H groups in total. The number of amides is 1. The molecule has 0 bridgehead atoms. The molecule has 0 radical (unpaired) electrons. The Kier molecular flexibility index (Phi) is 6.45. The lowest BCUT2D eigenvalue weighted by Gasteiger charge is -2.32. The van der Waals surface area contributed by atoms with Crippen molar-refractivity contribution < 1.29 is 13.9 Å². The number of nitrogens with zero attached hydrogens (tertiary/aromatic N) is 1. The molecule has 0 aromatic heterocycles. The van der Waals surface area contributed by atoms with Crippen LogP contribution in [0.4, 0.5) is 4.39 Å². The lowest BCUT2D eigenvalue weighted by atomic mass is 9.85. The molecule has 5 heteroatoms. The molecule has 1 amide bonds. The van der Waals surface area contributed by atoms with Crippen LogP contribution in [0, 0.1) is 11.7 Å². The number of ether oxygens (including phenoxy) is 1. The van der Waals surface area contributed by atoms with E-state index in [2.05, 4.69) is 0 Å². The fourth-order valence-electron chi connectivity index (χ4n) is 3.77. The van der Waals surface area contributed by atoms with Crippen molar-refractivity contribution in [1.82, 2.24) is 4.90 Å². The Morgan fingerprint density at radius 3 is 2.59 bits per heavy atom. The van der Waals surface area contributed by atoms with Crippen LogP contribution >= 0.6 is 0 Å². The van der Waals surface area contributed by atoms with Crippen LogP contribution in [0.2, 0.25) is 0 Å². The van der Waals surface area contributed by atoms with Gasteiger partial charge in [-0.3, -0.25) is 4.79 Å². The van der Waals surface area contributed by atoms with E-state index in [1.54, 1.807) is 19.2 Å². The topological polar surface area (TPSA) is 55.6 Å². The maximum atomic E-state index is 13.3. The average molecular weight is 370 g/mol. The van der Waals surface area contributed by atoms with Gasteiger partial charge in [-0.15, -0.1) is 0 Å². The summed E-state index contributed by atoms with van der Waals surface area (Å²) in [6.45, 7) is 0.884. The summed E-state index contributed by atoms with van der Waals surface area (Å²) in [4.78, 5) is 15.1. The van der Waals surface area contributed by atoms with Crippen LogP contribution in [0.15, 0.2) is 48.5 Å². The second-order valence-electron chi connectivity index (χ2n) is 7.26. The molecule has 1 aliphatic rings. The first-order valence-corrected chi connectivity index (χ1v) is 9.47. The molecule has 0 unspecified atom stereocenters. The van der Waals surface area contributed by atoms with E-state index in [1.165, 1.54) is 12.1 Å². The van der Waals surface area contributed by atoms with Gasteiger partial charge in [0.25, 0.3) is 0 Å². The molecule has 1 aliphatic carbocycles. The number of nitrogens with two attached hydrogens (primary N) is 1. The molecular formula is C22H27FN2O2. The highest BCUT2D eigenvalue weighted by molar-refractivity contribution is 5.79. The van der Waals surface area contributed by atoms with E-state index >= 15 is 0 Å². The van der Waals surface area contributed by atoms with E-state index in [0.717, 1.165) is 42.6 Å². The zero-order valence-corrected chi connectivity index (χ0v) is 15.7. The number of carbonyl (C=O) groups excluding carboxylic acids is 1. The summed E-state index contributed by atoms with van der Waals surface area (Å²) in [6, 6.07) is 14.1. The smallest absolute Gasteiger partial charge is 0.226 e. The molecule has 1 saturated carbocycles. The van der Waals surface area contributed by atoms with Crippen LogP contribution in [-0.4, -0.2) is 24.0 Å². The van der Waals surface area contributed by atoms with Crippen molar-refractivity contribution in [2.45, 2.75) is 44.8 Å². The number of rotatable bonds is 6. The van der Waals surface area contributed by atoms with Crippen molar-refractivity contribution >= 4 is 5.91 Å². The van der Waals surface area contributed by atoms with Crippen LogP contribution in [0.3, 0.4) is 0 Å². The van der Waals surface area contributed by atoms with Gasteiger partial charge in [-0.2, -0.15) is 0 Å². The first-order chi connectivity index (χ1) is 13.1. The van der Waals surface area contributed by atoms with Crippen molar-refractivity contribution in [2.75, 3.05) is 7.11 Å². The Hall–Kier alpha value is -2.40. The maximum Gasteiger partial charge on any atom is 0.226 e. The van der Waals surface area contributed by atoms with E-state index in [1.807, 2.05) is 29.2 Å². The number of halogens is 1. The maximum absolute atomic E-state index is 13.3. The largest absolute Gasteiger partial charge is 0.496 e. The molecule has 144 valence electrons. The fourth-order valence-corrected chi connectivity index (χ4v) is 3.77. The molecular weight excluding hydrogens is 343 g/mol. The summed E-state index contributed by atoms with van der Waals surface area (Å²) in [5, 5.41) is 0. The Morgan fingerprint density at radius 1 is 1.15 bits per heavy atom. The molecule has 3 rings (SSSR count). The molecule has 27 heavy (non-hydrogen) atoms. The highest BCUT2D eigenvalue weighted by Crippen LogP contribution is 2.28. The van der Waals surface area contributed by atoms with Gasteiger partial charge in [-0.25, -0.2) is 4.39 Å². The fraction of sp³-hybridized carbons (Fsp3) is 0.409. The molecule has 0 saturated heterocycles. The summed E-state index contributed by atoms with van der Waals surface area (Å²) >= 11 is 0. The van der Waals surface area contributed by atoms with Crippen LogP contribution in [-0.2, 0) is 17.9 Å². The number of hydrogen-bond acceptors (Lipinski definition) is 3. The number of para-hydroxylation sites is 1. The monoisotopic (exact) mass is 370 g/mol. The highest BCUT2D eigenvalue weighted by Gasteiger charge is 2.29. The van der Waals surface area contributed by atoms with E-state index in [4.69, 9.17) is 10.5 Å². The van der Waals surface area contributed by atoms with Crippen molar-refractivity contribution in [1.29, 1.82) is 0 Å².